The quantitative estimate of drug-likeness (QED) is 0.854. The second kappa shape index (κ2) is 7.76. The maximum Gasteiger partial charge on any atom is 0.220 e. The molecule has 5 nitrogen and oxygen atoms in total. The van der Waals surface area contributed by atoms with Gasteiger partial charge in [-0.3, -0.25) is 9.48 Å². The second-order valence-corrected chi connectivity index (χ2v) is 5.36. The van der Waals surface area contributed by atoms with Gasteiger partial charge in [-0.05, 0) is 44.0 Å². The summed E-state index contributed by atoms with van der Waals surface area (Å²) in [5.74, 6) is -0.265. The molecule has 0 aliphatic carbocycles. The van der Waals surface area contributed by atoms with Crippen LogP contribution < -0.4 is 10.1 Å². The number of carbonyl (C=O) groups excluding carboxylic acids is 1. The molecule has 0 bridgehead atoms. The Hall–Kier alpha value is -2.37. The first kappa shape index (κ1) is 17.0. The van der Waals surface area contributed by atoms with Gasteiger partial charge in [0, 0.05) is 25.4 Å². The molecular formula is C17H22FN3O2. The fraction of sp³-hybridized carbons (Fsp3) is 0.412. The molecule has 1 N–H and O–H groups in total. The van der Waals surface area contributed by atoms with Gasteiger partial charge >= 0.3 is 0 Å². The number of hydrogen-bond donors (Lipinski definition) is 1. The maximum absolute atomic E-state index is 13.9. The average Bonchev–Trinajstić information content (AvgIpc) is 2.92. The van der Waals surface area contributed by atoms with E-state index >= 15 is 0 Å². The van der Waals surface area contributed by atoms with E-state index in [0.717, 1.165) is 5.69 Å². The van der Waals surface area contributed by atoms with Gasteiger partial charge in [0.15, 0.2) is 11.6 Å². The molecular weight excluding hydrogens is 297 g/mol. The summed E-state index contributed by atoms with van der Waals surface area (Å²) in [6, 6.07) is 6.38. The third kappa shape index (κ3) is 4.55. The third-order valence-corrected chi connectivity index (χ3v) is 3.66. The monoisotopic (exact) mass is 319 g/mol. The van der Waals surface area contributed by atoms with Crippen LogP contribution in [0.4, 0.5) is 4.39 Å². The zero-order valence-corrected chi connectivity index (χ0v) is 13.7. The number of aryl methyl sites for hydroxylation is 2. The molecule has 2 rings (SSSR count). The lowest BCUT2D eigenvalue weighted by atomic mass is 10.1. The van der Waals surface area contributed by atoms with Gasteiger partial charge < -0.3 is 10.1 Å². The van der Waals surface area contributed by atoms with E-state index in [-0.39, 0.29) is 17.7 Å². The van der Waals surface area contributed by atoms with Crippen LogP contribution in [-0.2, 0) is 18.3 Å². The molecule has 6 heteroatoms. The molecule has 1 unspecified atom stereocenters. The van der Waals surface area contributed by atoms with E-state index in [0.29, 0.717) is 25.0 Å². The van der Waals surface area contributed by atoms with Gasteiger partial charge in [0.05, 0.1) is 12.6 Å². The first-order valence-electron chi connectivity index (χ1n) is 7.69. The Bertz CT molecular complexity index is 670. The van der Waals surface area contributed by atoms with Crippen LogP contribution in [0.1, 0.15) is 37.6 Å². The summed E-state index contributed by atoms with van der Waals surface area (Å²) < 4.78 is 20.8. The van der Waals surface area contributed by atoms with Gasteiger partial charge in [-0.1, -0.05) is 6.07 Å². The highest BCUT2D eigenvalue weighted by Gasteiger charge is 2.13. The molecule has 0 fully saturated rings. The largest absolute Gasteiger partial charge is 0.491 e. The molecule has 124 valence electrons. The summed E-state index contributed by atoms with van der Waals surface area (Å²) in [7, 11) is 1.85. The van der Waals surface area contributed by atoms with Crippen molar-refractivity contribution in [2.24, 2.45) is 7.05 Å². The molecule has 0 saturated heterocycles. The van der Waals surface area contributed by atoms with Gasteiger partial charge in [-0.25, -0.2) is 4.39 Å². The molecule has 23 heavy (non-hydrogen) atoms. The number of amides is 1. The maximum atomic E-state index is 13.9. The standard InChI is InChI=1S/C17H22FN3O2/c1-4-23-16-7-5-13(11-15(16)18)12(2)20-17(22)8-6-14-9-10-19-21(14)3/h5,7,9-12H,4,6,8H2,1-3H3,(H,20,22). The van der Waals surface area contributed by atoms with Crippen LogP contribution in [0.25, 0.3) is 0 Å². The average molecular weight is 319 g/mol. The van der Waals surface area contributed by atoms with Crippen LogP contribution in [0.3, 0.4) is 0 Å². The molecule has 0 saturated carbocycles. The number of nitrogens with one attached hydrogen (secondary N) is 1. The number of halogens is 1. The summed E-state index contributed by atoms with van der Waals surface area (Å²) in [6.45, 7) is 4.05. The lowest BCUT2D eigenvalue weighted by Gasteiger charge is -2.15. The van der Waals surface area contributed by atoms with Crippen LogP contribution in [-0.4, -0.2) is 22.3 Å². The lowest BCUT2D eigenvalue weighted by molar-refractivity contribution is -0.121. The molecule has 1 aromatic carbocycles. The summed E-state index contributed by atoms with van der Waals surface area (Å²) in [5, 5.41) is 6.95. The smallest absolute Gasteiger partial charge is 0.220 e. The van der Waals surface area contributed by atoms with Crippen LogP contribution in [0.15, 0.2) is 30.5 Å². The highest BCUT2D eigenvalue weighted by molar-refractivity contribution is 5.76. The Labute approximate surface area is 135 Å². The SMILES string of the molecule is CCOc1ccc(C(C)NC(=O)CCc2ccnn2C)cc1F. The molecule has 0 aliphatic heterocycles. The van der Waals surface area contributed by atoms with Crippen molar-refractivity contribution in [3.8, 4) is 5.75 Å². The fourth-order valence-corrected chi connectivity index (χ4v) is 2.34. The van der Waals surface area contributed by atoms with Gasteiger partial charge in [-0.2, -0.15) is 5.10 Å². The molecule has 0 aliphatic rings. The highest BCUT2D eigenvalue weighted by Crippen LogP contribution is 2.22. The van der Waals surface area contributed by atoms with Crippen molar-refractivity contribution in [2.75, 3.05) is 6.61 Å². The summed E-state index contributed by atoms with van der Waals surface area (Å²) in [4.78, 5) is 12.0. The molecule has 0 radical (unpaired) electrons. The summed E-state index contributed by atoms with van der Waals surface area (Å²) >= 11 is 0. The van der Waals surface area contributed by atoms with Crippen molar-refractivity contribution >= 4 is 5.91 Å². The Morgan fingerprint density at radius 2 is 2.22 bits per heavy atom. The van der Waals surface area contributed by atoms with Crippen LogP contribution in [0.5, 0.6) is 5.75 Å². The third-order valence-electron chi connectivity index (χ3n) is 3.66. The van der Waals surface area contributed by atoms with E-state index < -0.39 is 5.82 Å². The first-order chi connectivity index (χ1) is 11.0. The molecule has 0 spiro atoms. The normalized spacial score (nSPS) is 12.0. The van der Waals surface area contributed by atoms with Crippen LogP contribution in [0, 0.1) is 5.82 Å². The Balaban J connectivity index is 1.90. The van der Waals surface area contributed by atoms with Gasteiger partial charge in [0.2, 0.25) is 5.91 Å². The Morgan fingerprint density at radius 3 is 2.83 bits per heavy atom. The van der Waals surface area contributed by atoms with E-state index in [9.17, 15) is 9.18 Å². The molecule has 1 atom stereocenters. The van der Waals surface area contributed by atoms with Crippen molar-refractivity contribution in [1.29, 1.82) is 0 Å². The van der Waals surface area contributed by atoms with Crippen molar-refractivity contribution in [3.05, 3.63) is 47.5 Å². The molecule has 2 aromatic rings. The summed E-state index contributed by atoms with van der Waals surface area (Å²) in [5.41, 5.74) is 1.71. The first-order valence-corrected chi connectivity index (χ1v) is 7.69. The van der Waals surface area contributed by atoms with E-state index in [1.54, 1.807) is 29.9 Å². The van der Waals surface area contributed by atoms with Gasteiger partial charge in [0.25, 0.3) is 0 Å². The molecule has 1 heterocycles. The lowest BCUT2D eigenvalue weighted by Crippen LogP contribution is -2.27. The van der Waals surface area contributed by atoms with Gasteiger partial charge in [0.1, 0.15) is 0 Å². The predicted molar refractivity (Wildman–Crippen MR) is 85.7 cm³/mol. The molecule has 1 amide bonds. The van der Waals surface area contributed by atoms with E-state index in [2.05, 4.69) is 10.4 Å². The van der Waals surface area contributed by atoms with Crippen molar-refractivity contribution < 1.29 is 13.9 Å². The Morgan fingerprint density at radius 1 is 1.43 bits per heavy atom. The van der Waals surface area contributed by atoms with Gasteiger partial charge in [-0.15, -0.1) is 0 Å². The topological polar surface area (TPSA) is 56.1 Å². The number of nitrogens with zero attached hydrogens (tertiary/aromatic N) is 2. The van der Waals surface area contributed by atoms with Crippen LogP contribution >= 0.6 is 0 Å². The zero-order valence-electron chi connectivity index (χ0n) is 13.7. The van der Waals surface area contributed by atoms with Crippen molar-refractivity contribution in [1.82, 2.24) is 15.1 Å². The number of hydrogen-bond acceptors (Lipinski definition) is 3. The predicted octanol–water partition coefficient (Wildman–Crippen LogP) is 2.77. The minimum Gasteiger partial charge on any atom is -0.491 e. The minimum atomic E-state index is -0.416. The zero-order chi connectivity index (χ0) is 16.8. The number of rotatable bonds is 7. The second-order valence-electron chi connectivity index (χ2n) is 5.36. The minimum absolute atomic E-state index is 0.0759. The highest BCUT2D eigenvalue weighted by atomic mass is 19.1. The number of aromatic nitrogens is 2. The van der Waals surface area contributed by atoms with E-state index in [1.807, 2.05) is 20.0 Å². The number of ether oxygens (including phenoxy) is 1. The number of benzene rings is 1. The molecule has 1 aromatic heterocycles. The summed E-state index contributed by atoms with van der Waals surface area (Å²) in [6.07, 6.45) is 2.69. The number of carbonyl (C=O) groups is 1. The van der Waals surface area contributed by atoms with E-state index in [1.165, 1.54) is 6.07 Å². The van der Waals surface area contributed by atoms with Crippen molar-refractivity contribution in [3.63, 3.8) is 0 Å². The Kier molecular flexibility index (Phi) is 5.73. The van der Waals surface area contributed by atoms with E-state index in [4.69, 9.17) is 4.74 Å². The van der Waals surface area contributed by atoms with Crippen LogP contribution in [0.2, 0.25) is 0 Å². The fourth-order valence-electron chi connectivity index (χ4n) is 2.34. The van der Waals surface area contributed by atoms with Crippen molar-refractivity contribution in [2.45, 2.75) is 32.7 Å².